The first kappa shape index (κ1) is 16.6. The van der Waals surface area contributed by atoms with E-state index in [-0.39, 0.29) is 28.8 Å². The number of amides is 1. The van der Waals surface area contributed by atoms with E-state index >= 15 is 0 Å². The minimum atomic E-state index is -0.845. The van der Waals surface area contributed by atoms with E-state index in [1.165, 1.54) is 12.1 Å². The number of nitro groups is 1. The van der Waals surface area contributed by atoms with Gasteiger partial charge in [-0.3, -0.25) is 14.9 Å². The zero-order valence-electron chi connectivity index (χ0n) is 11.6. The van der Waals surface area contributed by atoms with Crippen LogP contribution in [0.1, 0.15) is 0 Å². The van der Waals surface area contributed by atoms with Crippen LogP contribution < -0.4 is 5.32 Å². The summed E-state index contributed by atoms with van der Waals surface area (Å²) in [7, 11) is 0. The van der Waals surface area contributed by atoms with Crippen LogP contribution in [0.15, 0.2) is 30.2 Å². The molecule has 0 saturated heterocycles. The number of esters is 1. The lowest BCUT2D eigenvalue weighted by atomic mass is 10.3. The Morgan fingerprint density at radius 2 is 2.17 bits per heavy atom. The third kappa shape index (κ3) is 4.58. The van der Waals surface area contributed by atoms with Crippen LogP contribution in [0.2, 0.25) is 5.02 Å². The quantitative estimate of drug-likeness (QED) is 0.490. The van der Waals surface area contributed by atoms with Gasteiger partial charge in [-0.05, 0) is 12.1 Å². The molecule has 0 aromatic heterocycles. The molecule has 1 heterocycles. The monoisotopic (exact) mass is 342 g/mol. The maximum atomic E-state index is 11.7. The van der Waals surface area contributed by atoms with Crippen LogP contribution in [0.4, 0.5) is 11.4 Å². The van der Waals surface area contributed by atoms with Crippen LogP contribution in [0.3, 0.4) is 0 Å². The third-order valence-corrected chi connectivity index (χ3v) is 2.93. The van der Waals surface area contributed by atoms with Gasteiger partial charge in [0.1, 0.15) is 24.5 Å². The highest BCUT2D eigenvalue weighted by molar-refractivity contribution is 6.32. The van der Waals surface area contributed by atoms with E-state index in [4.69, 9.17) is 25.8 Å². The van der Waals surface area contributed by atoms with Crippen LogP contribution in [-0.2, 0) is 23.8 Å². The summed E-state index contributed by atoms with van der Waals surface area (Å²) in [6, 6.07) is 3.76. The van der Waals surface area contributed by atoms with E-state index in [1.54, 1.807) is 0 Å². The lowest BCUT2D eigenvalue weighted by Crippen LogP contribution is -2.23. The highest BCUT2D eigenvalue weighted by Gasteiger charge is 2.18. The number of benzene rings is 1. The Labute approximate surface area is 134 Å². The Balaban J connectivity index is 1.90. The summed E-state index contributed by atoms with van der Waals surface area (Å²) >= 11 is 5.66. The lowest BCUT2D eigenvalue weighted by molar-refractivity contribution is -0.384. The van der Waals surface area contributed by atoms with Gasteiger partial charge in [0, 0.05) is 11.8 Å². The molecule has 0 unspecified atom stereocenters. The summed E-state index contributed by atoms with van der Waals surface area (Å²) in [6.45, 7) is -0.0514. The normalized spacial score (nSPS) is 13.2. The Hall–Kier alpha value is -2.81. The maximum Gasteiger partial charge on any atom is 0.377 e. The summed E-state index contributed by atoms with van der Waals surface area (Å²) in [5, 5.41) is 13.1. The van der Waals surface area contributed by atoms with E-state index in [0.29, 0.717) is 6.61 Å². The minimum absolute atomic E-state index is 0.0548. The molecule has 122 valence electrons. The second-order valence-corrected chi connectivity index (χ2v) is 4.66. The van der Waals surface area contributed by atoms with E-state index in [0.717, 1.165) is 12.3 Å². The second kappa shape index (κ2) is 7.45. The van der Waals surface area contributed by atoms with E-state index < -0.39 is 23.4 Å². The molecule has 10 heteroatoms. The molecule has 1 aromatic carbocycles. The first-order chi connectivity index (χ1) is 11.0. The number of halogens is 1. The number of hydrogen-bond donors (Lipinski definition) is 1. The van der Waals surface area contributed by atoms with Crippen molar-refractivity contribution in [3.63, 3.8) is 0 Å². The smallest absolute Gasteiger partial charge is 0.377 e. The lowest BCUT2D eigenvalue weighted by Gasteiger charge is -2.14. The molecule has 2 rings (SSSR count). The van der Waals surface area contributed by atoms with E-state index in [1.807, 2.05) is 0 Å². The molecule has 1 aromatic rings. The average Bonchev–Trinajstić information content (AvgIpc) is 2.55. The van der Waals surface area contributed by atoms with Crippen LogP contribution in [-0.4, -0.2) is 36.6 Å². The van der Waals surface area contributed by atoms with Gasteiger partial charge in [-0.2, -0.15) is 0 Å². The number of nitrogens with zero attached hydrogens (tertiary/aromatic N) is 1. The third-order valence-electron chi connectivity index (χ3n) is 2.61. The number of ether oxygens (including phenoxy) is 3. The van der Waals surface area contributed by atoms with Crippen molar-refractivity contribution in [2.75, 3.05) is 25.1 Å². The Kier molecular flexibility index (Phi) is 5.36. The highest BCUT2D eigenvalue weighted by Crippen LogP contribution is 2.27. The predicted octanol–water partition coefficient (Wildman–Crippen LogP) is 1.62. The first-order valence-electron chi connectivity index (χ1n) is 6.33. The fraction of sp³-hybridized carbons (Fsp3) is 0.231. The number of rotatable bonds is 5. The van der Waals surface area contributed by atoms with Crippen LogP contribution in [0.5, 0.6) is 0 Å². The topological polar surface area (TPSA) is 117 Å². The van der Waals surface area contributed by atoms with Crippen LogP contribution in [0.25, 0.3) is 0 Å². The number of nitrogens with one attached hydrogen (secondary N) is 1. The Morgan fingerprint density at radius 3 is 2.83 bits per heavy atom. The molecular weight excluding hydrogens is 332 g/mol. The molecule has 0 atom stereocenters. The molecule has 1 aliphatic rings. The summed E-state index contributed by atoms with van der Waals surface area (Å²) in [6.07, 6.45) is 1.10. The molecule has 0 aliphatic carbocycles. The molecular formula is C13H11ClN2O7. The largest absolute Gasteiger partial charge is 0.493 e. The van der Waals surface area contributed by atoms with Crippen molar-refractivity contribution >= 4 is 34.9 Å². The van der Waals surface area contributed by atoms with Gasteiger partial charge < -0.3 is 19.5 Å². The van der Waals surface area contributed by atoms with Gasteiger partial charge >= 0.3 is 5.97 Å². The zero-order valence-corrected chi connectivity index (χ0v) is 12.4. The molecule has 0 saturated carbocycles. The van der Waals surface area contributed by atoms with Gasteiger partial charge in [0.15, 0.2) is 6.61 Å². The van der Waals surface area contributed by atoms with Crippen LogP contribution in [0, 0.1) is 10.1 Å². The molecule has 0 bridgehead atoms. The Morgan fingerprint density at radius 1 is 1.39 bits per heavy atom. The van der Waals surface area contributed by atoms with Gasteiger partial charge in [-0.25, -0.2) is 4.79 Å². The molecule has 0 fully saturated rings. The van der Waals surface area contributed by atoms with Gasteiger partial charge in [0.2, 0.25) is 5.76 Å². The number of nitro benzene ring substituents is 1. The average molecular weight is 343 g/mol. The fourth-order valence-corrected chi connectivity index (χ4v) is 1.79. The van der Waals surface area contributed by atoms with Crippen molar-refractivity contribution < 1.29 is 28.7 Å². The van der Waals surface area contributed by atoms with Crippen molar-refractivity contribution in [3.8, 4) is 0 Å². The maximum absolute atomic E-state index is 11.7. The van der Waals surface area contributed by atoms with Crippen molar-refractivity contribution in [2.45, 2.75) is 0 Å². The standard InChI is InChI=1S/C13H11ClN2O7/c14-9-2-1-8(5-10(9)16(19)20)15-12(17)7-23-13(18)11-6-21-3-4-22-11/h1-2,5-6H,3-4,7H2,(H,15,17). The SMILES string of the molecule is O=C(COC(=O)C1=COCCO1)Nc1ccc(Cl)c([N+](=O)[O-])c1. The number of carbonyl (C=O) groups is 2. The van der Waals surface area contributed by atoms with Crippen molar-refractivity contribution in [1.29, 1.82) is 0 Å². The Bertz CT molecular complexity index is 674. The molecule has 1 aliphatic heterocycles. The van der Waals surface area contributed by atoms with Crippen LogP contribution >= 0.6 is 11.6 Å². The summed E-state index contributed by atoms with van der Waals surface area (Å²) in [5.74, 6) is -1.65. The van der Waals surface area contributed by atoms with E-state index in [2.05, 4.69) is 5.32 Å². The zero-order chi connectivity index (χ0) is 16.8. The van der Waals surface area contributed by atoms with Crippen molar-refractivity contribution in [2.24, 2.45) is 0 Å². The summed E-state index contributed by atoms with van der Waals surface area (Å²) in [4.78, 5) is 33.3. The number of hydrogen-bond acceptors (Lipinski definition) is 7. The first-order valence-corrected chi connectivity index (χ1v) is 6.70. The highest BCUT2D eigenvalue weighted by atomic mass is 35.5. The van der Waals surface area contributed by atoms with Crippen molar-refractivity contribution in [1.82, 2.24) is 0 Å². The molecule has 0 spiro atoms. The molecule has 0 radical (unpaired) electrons. The molecule has 1 amide bonds. The molecule has 23 heavy (non-hydrogen) atoms. The molecule has 1 N–H and O–H groups in total. The fourth-order valence-electron chi connectivity index (χ4n) is 1.61. The minimum Gasteiger partial charge on any atom is -0.493 e. The van der Waals surface area contributed by atoms with Crippen molar-refractivity contribution in [3.05, 3.63) is 45.4 Å². The van der Waals surface area contributed by atoms with Gasteiger partial charge in [-0.1, -0.05) is 11.6 Å². The number of carbonyl (C=O) groups excluding carboxylic acids is 2. The number of anilines is 1. The predicted molar refractivity (Wildman–Crippen MR) is 77.7 cm³/mol. The van der Waals surface area contributed by atoms with E-state index in [9.17, 15) is 19.7 Å². The summed E-state index contributed by atoms with van der Waals surface area (Å²) < 4.78 is 14.6. The molecule has 9 nitrogen and oxygen atoms in total. The second-order valence-electron chi connectivity index (χ2n) is 4.25. The summed E-state index contributed by atoms with van der Waals surface area (Å²) in [5.41, 5.74) is -0.196. The van der Waals surface area contributed by atoms with Gasteiger partial charge in [0.05, 0.1) is 4.92 Å². The van der Waals surface area contributed by atoms with Gasteiger partial charge in [0.25, 0.3) is 11.6 Å². The van der Waals surface area contributed by atoms with Gasteiger partial charge in [-0.15, -0.1) is 0 Å².